The van der Waals surface area contributed by atoms with E-state index in [9.17, 15) is 14.0 Å². The second-order valence-corrected chi connectivity index (χ2v) is 8.02. The summed E-state index contributed by atoms with van der Waals surface area (Å²) >= 11 is 13.4. The Bertz CT molecular complexity index is 1120. The standard InChI is InChI=1S/C18H11Cl2FN2O4S/c19-8-4-9(20)16-13(5-8)28-14(22-16)7-23-17-10(21)2-1-3-11(17)27-12(18(23)26)6-15(24)25/h1-5,12H,6-7H2,(H,24,25). The Labute approximate surface area is 172 Å². The van der Waals surface area contributed by atoms with Crippen molar-refractivity contribution >= 4 is 62.3 Å². The summed E-state index contributed by atoms with van der Waals surface area (Å²) < 4.78 is 20.6. The number of carboxylic acids is 1. The maximum Gasteiger partial charge on any atom is 0.307 e. The molecule has 1 aromatic heterocycles. The molecule has 28 heavy (non-hydrogen) atoms. The lowest BCUT2D eigenvalue weighted by Crippen LogP contribution is -2.46. The van der Waals surface area contributed by atoms with E-state index in [4.69, 9.17) is 33.0 Å². The summed E-state index contributed by atoms with van der Waals surface area (Å²) in [6.45, 7) is -0.0560. The van der Waals surface area contributed by atoms with E-state index in [1.54, 1.807) is 12.1 Å². The fraction of sp³-hybridized carbons (Fsp3) is 0.167. The molecular formula is C18H11Cl2FN2O4S. The molecule has 0 saturated carbocycles. The van der Waals surface area contributed by atoms with Crippen LogP contribution in [0.25, 0.3) is 10.2 Å². The third kappa shape index (κ3) is 3.39. The van der Waals surface area contributed by atoms with Crippen LogP contribution in [0.2, 0.25) is 10.0 Å². The van der Waals surface area contributed by atoms with Gasteiger partial charge in [-0.3, -0.25) is 14.5 Å². The summed E-state index contributed by atoms with van der Waals surface area (Å²) in [5, 5.41) is 10.4. The molecule has 0 aliphatic carbocycles. The molecule has 1 aliphatic rings. The van der Waals surface area contributed by atoms with Gasteiger partial charge in [-0.2, -0.15) is 0 Å². The molecule has 6 nitrogen and oxygen atoms in total. The minimum absolute atomic E-state index is 0.0440. The molecule has 1 aliphatic heterocycles. The van der Waals surface area contributed by atoms with Crippen LogP contribution in [0.4, 0.5) is 10.1 Å². The summed E-state index contributed by atoms with van der Waals surface area (Å²) in [5.74, 6) is -2.39. The molecule has 2 heterocycles. The number of halogens is 3. The molecule has 1 amide bonds. The number of anilines is 1. The van der Waals surface area contributed by atoms with Crippen molar-refractivity contribution in [1.82, 2.24) is 4.98 Å². The van der Waals surface area contributed by atoms with E-state index in [1.165, 1.54) is 29.5 Å². The van der Waals surface area contributed by atoms with Crippen LogP contribution in [-0.4, -0.2) is 28.1 Å². The fourth-order valence-electron chi connectivity index (χ4n) is 2.99. The minimum atomic E-state index is -1.25. The van der Waals surface area contributed by atoms with E-state index in [2.05, 4.69) is 4.98 Å². The zero-order chi connectivity index (χ0) is 20.0. The number of thiazole rings is 1. The van der Waals surface area contributed by atoms with Crippen molar-refractivity contribution in [2.75, 3.05) is 4.90 Å². The van der Waals surface area contributed by atoms with Gasteiger partial charge in [0.1, 0.15) is 22.0 Å². The van der Waals surface area contributed by atoms with Crippen LogP contribution in [0.5, 0.6) is 5.75 Å². The lowest BCUT2D eigenvalue weighted by Gasteiger charge is -2.33. The molecular weight excluding hydrogens is 430 g/mol. The SMILES string of the molecule is O=C(O)CC1Oc2cccc(F)c2N(Cc2nc3c(Cl)cc(Cl)cc3s2)C1=O. The minimum Gasteiger partial charge on any atom is -0.481 e. The van der Waals surface area contributed by atoms with Crippen LogP contribution >= 0.6 is 34.5 Å². The largest absolute Gasteiger partial charge is 0.481 e. The van der Waals surface area contributed by atoms with Crippen LogP contribution < -0.4 is 9.64 Å². The second-order valence-electron chi connectivity index (χ2n) is 6.06. The lowest BCUT2D eigenvalue weighted by molar-refractivity contribution is -0.142. The maximum atomic E-state index is 14.5. The first-order chi connectivity index (χ1) is 13.3. The molecule has 144 valence electrons. The maximum absolute atomic E-state index is 14.5. The molecule has 0 saturated heterocycles. The number of aliphatic carboxylic acids is 1. The highest BCUT2D eigenvalue weighted by molar-refractivity contribution is 7.18. The zero-order valence-corrected chi connectivity index (χ0v) is 16.3. The van der Waals surface area contributed by atoms with Gasteiger partial charge in [-0.1, -0.05) is 29.3 Å². The number of carboxylic acid groups (broad SMARTS) is 1. The van der Waals surface area contributed by atoms with Gasteiger partial charge in [-0.25, -0.2) is 9.37 Å². The molecule has 2 aromatic carbocycles. The molecule has 0 bridgehead atoms. The number of hydrogen-bond donors (Lipinski definition) is 1. The molecule has 1 N–H and O–H groups in total. The molecule has 0 spiro atoms. The Balaban J connectivity index is 1.76. The molecule has 1 atom stereocenters. The number of fused-ring (bicyclic) bond motifs is 2. The average Bonchev–Trinajstić information content (AvgIpc) is 3.01. The van der Waals surface area contributed by atoms with Crippen molar-refractivity contribution in [3.05, 3.63) is 51.2 Å². The number of benzene rings is 2. The van der Waals surface area contributed by atoms with Crippen LogP contribution in [0.3, 0.4) is 0 Å². The lowest BCUT2D eigenvalue weighted by atomic mass is 10.1. The van der Waals surface area contributed by atoms with Crippen molar-refractivity contribution < 1.29 is 23.8 Å². The number of rotatable bonds is 4. The molecule has 0 radical (unpaired) electrons. The highest BCUT2D eigenvalue weighted by Crippen LogP contribution is 2.39. The Morgan fingerprint density at radius 1 is 1.36 bits per heavy atom. The summed E-state index contributed by atoms with van der Waals surface area (Å²) in [6, 6.07) is 7.38. The summed E-state index contributed by atoms with van der Waals surface area (Å²) in [5.41, 5.74) is 0.486. The van der Waals surface area contributed by atoms with E-state index >= 15 is 0 Å². The predicted octanol–water partition coefficient (Wildman–Crippen LogP) is 4.51. The van der Waals surface area contributed by atoms with Crippen LogP contribution in [0, 0.1) is 5.82 Å². The highest BCUT2D eigenvalue weighted by Gasteiger charge is 2.38. The third-order valence-corrected chi connectivity index (χ3v) is 5.63. The van der Waals surface area contributed by atoms with Gasteiger partial charge in [0.05, 0.1) is 22.7 Å². The monoisotopic (exact) mass is 440 g/mol. The first-order valence-electron chi connectivity index (χ1n) is 8.06. The van der Waals surface area contributed by atoms with Gasteiger partial charge in [0.15, 0.2) is 11.9 Å². The van der Waals surface area contributed by atoms with Crippen molar-refractivity contribution in [3.63, 3.8) is 0 Å². The number of carbonyl (C=O) groups is 2. The van der Waals surface area contributed by atoms with Crippen LogP contribution in [0.15, 0.2) is 30.3 Å². The smallest absolute Gasteiger partial charge is 0.307 e. The third-order valence-electron chi connectivity index (χ3n) is 4.14. The molecule has 4 rings (SSSR count). The number of para-hydroxylation sites is 1. The first kappa shape index (κ1) is 18.9. The number of nitrogens with zero attached hydrogens (tertiary/aromatic N) is 2. The Morgan fingerprint density at radius 3 is 2.89 bits per heavy atom. The number of carbonyl (C=O) groups excluding carboxylic acids is 1. The Hall–Kier alpha value is -2.42. The van der Waals surface area contributed by atoms with E-state index in [0.29, 0.717) is 20.6 Å². The number of ether oxygens (including phenoxy) is 1. The van der Waals surface area contributed by atoms with Crippen molar-refractivity contribution in [2.24, 2.45) is 0 Å². The van der Waals surface area contributed by atoms with Gasteiger partial charge in [0.2, 0.25) is 0 Å². The number of aromatic nitrogens is 1. The van der Waals surface area contributed by atoms with E-state index in [-0.39, 0.29) is 18.0 Å². The quantitative estimate of drug-likeness (QED) is 0.645. The normalized spacial score (nSPS) is 16.2. The number of hydrogen-bond acceptors (Lipinski definition) is 5. The topological polar surface area (TPSA) is 79.7 Å². The van der Waals surface area contributed by atoms with Gasteiger partial charge in [-0.15, -0.1) is 11.3 Å². The average molecular weight is 441 g/mol. The van der Waals surface area contributed by atoms with Crippen LogP contribution in [-0.2, 0) is 16.1 Å². The van der Waals surface area contributed by atoms with Gasteiger partial charge >= 0.3 is 5.97 Å². The van der Waals surface area contributed by atoms with Gasteiger partial charge < -0.3 is 9.84 Å². The second kappa shape index (κ2) is 7.20. The fourth-order valence-corrected chi connectivity index (χ4v) is 4.67. The summed E-state index contributed by atoms with van der Waals surface area (Å²) in [6.07, 6.45) is -1.79. The summed E-state index contributed by atoms with van der Waals surface area (Å²) in [4.78, 5) is 29.5. The van der Waals surface area contributed by atoms with Crippen LogP contribution in [0.1, 0.15) is 11.4 Å². The van der Waals surface area contributed by atoms with E-state index < -0.39 is 30.2 Å². The summed E-state index contributed by atoms with van der Waals surface area (Å²) in [7, 11) is 0. The Morgan fingerprint density at radius 2 is 2.14 bits per heavy atom. The van der Waals surface area contributed by atoms with E-state index in [0.717, 1.165) is 9.60 Å². The van der Waals surface area contributed by atoms with Crippen molar-refractivity contribution in [2.45, 2.75) is 19.1 Å². The highest BCUT2D eigenvalue weighted by atomic mass is 35.5. The van der Waals surface area contributed by atoms with E-state index in [1.807, 2.05) is 0 Å². The van der Waals surface area contributed by atoms with Crippen molar-refractivity contribution in [1.29, 1.82) is 0 Å². The van der Waals surface area contributed by atoms with Gasteiger partial charge in [0, 0.05) is 5.02 Å². The predicted molar refractivity (Wildman–Crippen MR) is 104 cm³/mol. The van der Waals surface area contributed by atoms with Gasteiger partial charge in [-0.05, 0) is 24.3 Å². The Kier molecular flexibility index (Phi) is 4.86. The molecule has 10 heteroatoms. The van der Waals surface area contributed by atoms with Gasteiger partial charge in [0.25, 0.3) is 5.91 Å². The zero-order valence-electron chi connectivity index (χ0n) is 14.0. The van der Waals surface area contributed by atoms with Crippen molar-refractivity contribution in [3.8, 4) is 5.75 Å². The molecule has 3 aromatic rings. The first-order valence-corrected chi connectivity index (χ1v) is 9.63. The molecule has 1 unspecified atom stereocenters. The number of amides is 1. The molecule has 0 fully saturated rings.